The van der Waals surface area contributed by atoms with Crippen LogP contribution in [0.1, 0.15) is 33.9 Å². The number of anilines is 2. The molecule has 2 unspecified atom stereocenters. The van der Waals surface area contributed by atoms with E-state index in [2.05, 4.69) is 20.0 Å². The summed E-state index contributed by atoms with van der Waals surface area (Å²) < 4.78 is 41.4. The molecule has 3 heterocycles. The van der Waals surface area contributed by atoms with Gasteiger partial charge in [0.25, 0.3) is 0 Å². The lowest BCUT2D eigenvalue weighted by Crippen LogP contribution is -2.45. The molecule has 1 aromatic carbocycles. The molecule has 4 N–H and O–H groups in total. The Morgan fingerprint density at radius 2 is 1.98 bits per heavy atom. The summed E-state index contributed by atoms with van der Waals surface area (Å²) in [6.45, 7) is 2.64. The Bertz CT molecular complexity index is 1510. The van der Waals surface area contributed by atoms with Crippen molar-refractivity contribution in [3.8, 4) is 5.75 Å². The number of halogens is 1. The van der Waals surface area contributed by atoms with Gasteiger partial charge in [0.15, 0.2) is 34.5 Å². The molecule has 0 radical (unpaired) electrons. The number of para-hydroxylation sites is 1. The van der Waals surface area contributed by atoms with E-state index in [0.717, 1.165) is 0 Å². The van der Waals surface area contributed by atoms with Crippen molar-refractivity contribution in [3.05, 3.63) is 36.7 Å². The molecule has 5 rings (SSSR count). The maximum absolute atomic E-state index is 16.6. The van der Waals surface area contributed by atoms with E-state index in [1.54, 1.807) is 70.1 Å². The van der Waals surface area contributed by atoms with E-state index in [1.165, 1.54) is 17.8 Å². The van der Waals surface area contributed by atoms with E-state index in [1.807, 2.05) is 0 Å². The van der Waals surface area contributed by atoms with Crippen molar-refractivity contribution in [2.24, 2.45) is 0 Å². The van der Waals surface area contributed by atoms with Gasteiger partial charge in [-0.15, -0.1) is 0 Å². The molecule has 3 aromatic rings. The first-order valence-corrected chi connectivity index (χ1v) is 15.6. The highest BCUT2D eigenvalue weighted by atomic mass is 32.5. The zero-order chi connectivity index (χ0) is 29.9. The van der Waals surface area contributed by atoms with Gasteiger partial charge in [-0.2, -0.15) is 9.97 Å². The van der Waals surface area contributed by atoms with Crippen LogP contribution in [0.25, 0.3) is 11.2 Å². The van der Waals surface area contributed by atoms with Crippen molar-refractivity contribution >= 4 is 47.3 Å². The van der Waals surface area contributed by atoms with Crippen LogP contribution in [0.4, 0.5) is 16.2 Å². The van der Waals surface area contributed by atoms with Gasteiger partial charge < -0.3 is 29.7 Å². The minimum absolute atomic E-state index is 0.0264. The van der Waals surface area contributed by atoms with E-state index < -0.39 is 48.4 Å². The topological polar surface area (TPSA) is 159 Å². The highest BCUT2D eigenvalue weighted by Crippen LogP contribution is 2.66. The largest absolute Gasteiger partial charge is 0.462 e. The lowest BCUT2D eigenvalue weighted by molar-refractivity contribution is -0.149. The Kier molecular flexibility index (Phi) is 7.50. The molecule has 16 heteroatoms. The number of nitrogens with two attached hydrogens (primary N) is 1. The molecule has 2 aromatic heterocycles. The van der Waals surface area contributed by atoms with Gasteiger partial charge in [-0.3, -0.25) is 13.9 Å². The van der Waals surface area contributed by atoms with Crippen molar-refractivity contribution < 1.29 is 32.8 Å². The summed E-state index contributed by atoms with van der Waals surface area (Å²) in [6, 6.07) is 7.69. The van der Waals surface area contributed by atoms with Gasteiger partial charge in [0.2, 0.25) is 5.95 Å². The molecule has 7 atom stereocenters. The van der Waals surface area contributed by atoms with Crippen molar-refractivity contribution in [2.75, 3.05) is 24.7 Å². The number of nitrogens with one attached hydrogen (secondary N) is 1. The first-order valence-electron chi connectivity index (χ1n) is 12.9. The number of carbonyl (C=O) groups is 1. The molecule has 1 aliphatic carbocycles. The number of ether oxygens (including phenoxy) is 2. The summed E-state index contributed by atoms with van der Waals surface area (Å²) in [6.07, 6.45) is -2.60. The van der Waals surface area contributed by atoms with E-state index >= 15 is 4.39 Å². The Labute approximate surface area is 241 Å². The molecule has 1 aliphatic heterocycles. The Morgan fingerprint density at radius 1 is 1.29 bits per heavy atom. The fraction of sp³-hybridized carbons (Fsp3) is 0.520. The summed E-state index contributed by atoms with van der Waals surface area (Å²) in [5.74, 6) is 0.221. The predicted molar refractivity (Wildman–Crippen MR) is 152 cm³/mol. The van der Waals surface area contributed by atoms with Crippen molar-refractivity contribution in [1.82, 2.24) is 24.6 Å². The number of imidazole rings is 1. The fourth-order valence-corrected chi connectivity index (χ4v) is 7.56. The molecule has 41 heavy (non-hydrogen) atoms. The highest BCUT2D eigenvalue weighted by Gasteiger charge is 2.85. The molecule has 1 saturated heterocycles. The van der Waals surface area contributed by atoms with Crippen LogP contribution >= 0.6 is 6.64 Å². The van der Waals surface area contributed by atoms with Crippen LogP contribution in [0.15, 0.2) is 36.7 Å². The maximum atomic E-state index is 16.6. The number of nitrogen functional groups attached to an aromatic ring is 1. The van der Waals surface area contributed by atoms with Crippen molar-refractivity contribution in [3.63, 3.8) is 0 Å². The Balaban J connectivity index is 1.41. The third-order valence-electron chi connectivity index (χ3n) is 6.93. The summed E-state index contributed by atoms with van der Waals surface area (Å²) in [5.41, 5.74) is 2.06. The van der Waals surface area contributed by atoms with E-state index in [9.17, 15) is 9.90 Å². The number of alkyl halides is 1. The average Bonchev–Trinajstić information content (AvgIpc) is 3.14. The number of hydrogen-bond acceptors (Lipinski definition) is 12. The Morgan fingerprint density at radius 3 is 2.56 bits per heavy atom. The quantitative estimate of drug-likeness (QED) is 0.228. The van der Waals surface area contributed by atoms with Crippen LogP contribution in [-0.4, -0.2) is 80.3 Å². The average molecular weight is 610 g/mol. The smallest absolute Gasteiger partial charge is 0.323 e. The third kappa shape index (κ3) is 5.15. The van der Waals surface area contributed by atoms with Gasteiger partial charge in [-0.25, -0.2) is 14.5 Å². The second-order valence-electron chi connectivity index (χ2n) is 10.7. The first kappa shape index (κ1) is 29.5. The lowest BCUT2D eigenvalue weighted by atomic mass is 9.97. The number of rotatable bonds is 10. The zero-order valence-corrected chi connectivity index (χ0v) is 25.1. The SMILES string of the molecule is CC(C)OC(=O)[C@@H](C)NP(=S)(Oc1ccccc1)OC1[C@H]2O[C@@H](n3cnc4c(N(C)C)nc(N)nc43)[C@](C)(F)[C@@]12O. The fourth-order valence-electron chi connectivity index (χ4n) is 4.85. The lowest BCUT2D eigenvalue weighted by Gasteiger charge is -2.33. The number of hydrogen-bond donors (Lipinski definition) is 3. The van der Waals surface area contributed by atoms with Gasteiger partial charge >= 0.3 is 12.6 Å². The standard InChI is InChI=1S/C25H33FN7O6PS/c1-13(2)36-21(34)14(3)31-40(41,38-15-10-8-7-9-11-15)39-18-17-25(18,35)24(4,26)22(37-17)33-12-28-16-19(32(5)6)29-23(27)30-20(16)33/h7-14,17-18,22,35H,1-6H3,(H,31,41)(H2,27,29,30)/t14-,17-,18?,22-,24+,25+,40?/m1/s1. The normalized spacial score (nSPS) is 29.1. The van der Waals surface area contributed by atoms with Crippen molar-refractivity contribution in [1.29, 1.82) is 0 Å². The predicted octanol–water partition coefficient (Wildman–Crippen LogP) is 2.46. The van der Waals surface area contributed by atoms with Gasteiger partial charge in [-0.1, -0.05) is 18.2 Å². The van der Waals surface area contributed by atoms with Gasteiger partial charge in [0, 0.05) is 14.1 Å². The number of esters is 1. The number of benzene rings is 1. The summed E-state index contributed by atoms with van der Waals surface area (Å²) in [4.78, 5) is 27.0. The number of fused-ring (bicyclic) bond motifs is 2. The molecule has 2 aliphatic rings. The van der Waals surface area contributed by atoms with Crippen molar-refractivity contribution in [2.45, 2.75) is 69.5 Å². The van der Waals surface area contributed by atoms with Gasteiger partial charge in [-0.05, 0) is 51.6 Å². The molecule has 0 amide bonds. The Hall–Kier alpha value is -2.94. The van der Waals surface area contributed by atoms with Gasteiger partial charge in [0.1, 0.15) is 24.0 Å². The van der Waals surface area contributed by atoms with E-state index in [0.29, 0.717) is 17.1 Å². The molecular formula is C25H33FN7O6PS. The molecule has 1 saturated carbocycles. The summed E-state index contributed by atoms with van der Waals surface area (Å²) >= 11 is 5.75. The van der Waals surface area contributed by atoms with Crippen LogP contribution in [0.5, 0.6) is 5.75 Å². The monoisotopic (exact) mass is 609 g/mol. The summed E-state index contributed by atoms with van der Waals surface area (Å²) in [5, 5.41) is 14.5. The van der Waals surface area contributed by atoms with Crippen LogP contribution in [-0.2, 0) is 30.6 Å². The van der Waals surface area contributed by atoms with E-state index in [-0.39, 0.29) is 17.7 Å². The number of aliphatic hydroxyl groups is 1. The van der Waals surface area contributed by atoms with Crippen LogP contribution in [0.3, 0.4) is 0 Å². The molecule has 0 spiro atoms. The molecule has 13 nitrogen and oxygen atoms in total. The second kappa shape index (κ2) is 10.4. The molecular weight excluding hydrogens is 576 g/mol. The molecule has 0 bridgehead atoms. The summed E-state index contributed by atoms with van der Waals surface area (Å²) in [7, 11) is 3.54. The van der Waals surface area contributed by atoms with E-state index in [4.69, 9.17) is 36.1 Å². The zero-order valence-electron chi connectivity index (χ0n) is 23.4. The second-order valence-corrected chi connectivity index (χ2v) is 13.8. The molecule has 2 fully saturated rings. The first-order chi connectivity index (χ1) is 19.2. The number of nitrogens with zero attached hydrogens (tertiary/aromatic N) is 5. The maximum Gasteiger partial charge on any atom is 0.323 e. The number of aromatic nitrogens is 4. The van der Waals surface area contributed by atoms with Crippen LogP contribution in [0.2, 0.25) is 0 Å². The number of carbonyl (C=O) groups excluding carboxylic acids is 1. The van der Waals surface area contributed by atoms with Crippen LogP contribution < -0.4 is 20.2 Å². The minimum Gasteiger partial charge on any atom is -0.462 e. The molecule has 222 valence electrons. The van der Waals surface area contributed by atoms with Crippen LogP contribution in [0, 0.1) is 0 Å². The minimum atomic E-state index is -3.57. The van der Waals surface area contributed by atoms with Gasteiger partial charge in [0.05, 0.1) is 12.4 Å². The third-order valence-corrected chi connectivity index (χ3v) is 9.39. The highest BCUT2D eigenvalue weighted by molar-refractivity contribution is 8.09.